The van der Waals surface area contributed by atoms with Crippen LogP contribution in [0.2, 0.25) is 5.02 Å². The van der Waals surface area contributed by atoms with E-state index in [0.717, 1.165) is 0 Å². The fraction of sp³-hybridized carbons (Fsp3) is 0.211. The van der Waals surface area contributed by atoms with E-state index in [2.05, 4.69) is 15.5 Å². The molecule has 0 fully saturated rings. The zero-order valence-corrected chi connectivity index (χ0v) is 15.9. The van der Waals surface area contributed by atoms with Crippen LogP contribution in [0.25, 0.3) is 11.4 Å². The monoisotopic (exact) mass is 400 g/mol. The van der Waals surface area contributed by atoms with Gasteiger partial charge in [0.2, 0.25) is 11.7 Å². The van der Waals surface area contributed by atoms with Crippen molar-refractivity contribution in [3.8, 4) is 11.4 Å². The number of non-ortho nitro benzene ring substituents is 1. The van der Waals surface area contributed by atoms with E-state index >= 15 is 0 Å². The van der Waals surface area contributed by atoms with Crippen molar-refractivity contribution < 1.29 is 14.2 Å². The maximum Gasteiger partial charge on any atom is 0.269 e. The molecule has 0 bridgehead atoms. The van der Waals surface area contributed by atoms with Gasteiger partial charge in [-0.3, -0.25) is 14.9 Å². The molecule has 0 aliphatic rings. The molecule has 1 atom stereocenters. The first-order valence-corrected chi connectivity index (χ1v) is 8.88. The molecule has 8 nitrogen and oxygen atoms in total. The third kappa shape index (κ3) is 4.17. The van der Waals surface area contributed by atoms with E-state index in [9.17, 15) is 14.9 Å². The van der Waals surface area contributed by atoms with Gasteiger partial charge in [0.15, 0.2) is 0 Å². The zero-order valence-electron chi connectivity index (χ0n) is 15.1. The molecule has 1 heterocycles. The van der Waals surface area contributed by atoms with Crippen LogP contribution in [0.15, 0.2) is 53.1 Å². The highest BCUT2D eigenvalue weighted by molar-refractivity contribution is 6.33. The number of aromatic nitrogens is 2. The first-order chi connectivity index (χ1) is 13.4. The van der Waals surface area contributed by atoms with Gasteiger partial charge in [-0.1, -0.05) is 42.7 Å². The van der Waals surface area contributed by atoms with Gasteiger partial charge in [0, 0.05) is 17.7 Å². The smallest absolute Gasteiger partial charge is 0.269 e. The van der Waals surface area contributed by atoms with Crippen LogP contribution in [0.4, 0.5) is 5.69 Å². The lowest BCUT2D eigenvalue weighted by Crippen LogP contribution is -2.32. The van der Waals surface area contributed by atoms with Crippen LogP contribution in [0.3, 0.4) is 0 Å². The van der Waals surface area contributed by atoms with Crippen LogP contribution in [0, 0.1) is 16.0 Å². The Bertz CT molecular complexity index is 1000. The summed E-state index contributed by atoms with van der Waals surface area (Å²) in [5.74, 6) is 0.141. The van der Waals surface area contributed by atoms with Crippen LogP contribution in [0.5, 0.6) is 0 Å². The Balaban J connectivity index is 1.83. The molecule has 1 unspecified atom stereocenters. The highest BCUT2D eigenvalue weighted by atomic mass is 35.5. The number of carbonyl (C=O) groups excluding carboxylic acids is 1. The Labute approximate surface area is 165 Å². The maximum absolute atomic E-state index is 12.6. The summed E-state index contributed by atoms with van der Waals surface area (Å²) in [6.45, 7) is 3.82. The molecule has 3 rings (SSSR count). The van der Waals surface area contributed by atoms with Crippen molar-refractivity contribution >= 4 is 23.2 Å². The SMILES string of the molecule is CC(C)C(NC(=O)c1ccccc1Cl)c1nc(-c2ccc([N+](=O)[O-])cc2)no1. The van der Waals surface area contributed by atoms with Crippen molar-refractivity contribution in [2.24, 2.45) is 5.92 Å². The molecule has 3 aromatic rings. The number of nitrogens with one attached hydrogen (secondary N) is 1. The predicted octanol–water partition coefficient (Wildman–Crippen LogP) is 4.43. The first kappa shape index (κ1) is 19.5. The van der Waals surface area contributed by atoms with Gasteiger partial charge in [0.25, 0.3) is 11.6 Å². The lowest BCUT2D eigenvalue weighted by Gasteiger charge is -2.18. The molecule has 1 aromatic heterocycles. The van der Waals surface area contributed by atoms with Crippen LogP contribution in [0.1, 0.15) is 36.1 Å². The first-order valence-electron chi connectivity index (χ1n) is 8.50. The average Bonchev–Trinajstić information content (AvgIpc) is 3.15. The van der Waals surface area contributed by atoms with Gasteiger partial charge in [-0.05, 0) is 30.2 Å². The number of hydrogen-bond acceptors (Lipinski definition) is 6. The topological polar surface area (TPSA) is 111 Å². The molecule has 9 heteroatoms. The number of nitro benzene ring substituents is 1. The van der Waals surface area contributed by atoms with E-state index in [-0.39, 0.29) is 29.2 Å². The molecule has 0 saturated heterocycles. The standard InChI is InChI=1S/C19H17ClN4O4/c1-11(2)16(21-18(25)14-5-3-4-6-15(14)20)19-22-17(23-28-19)12-7-9-13(10-8-12)24(26)27/h3-11,16H,1-2H3,(H,21,25). The summed E-state index contributed by atoms with van der Waals surface area (Å²) in [5.41, 5.74) is 0.894. The van der Waals surface area contributed by atoms with Gasteiger partial charge in [-0.15, -0.1) is 0 Å². The molecule has 0 radical (unpaired) electrons. The van der Waals surface area contributed by atoms with E-state index in [1.54, 1.807) is 36.4 Å². The minimum atomic E-state index is -0.525. The van der Waals surface area contributed by atoms with Crippen molar-refractivity contribution in [3.05, 3.63) is 75.1 Å². The van der Waals surface area contributed by atoms with E-state index < -0.39 is 11.0 Å². The van der Waals surface area contributed by atoms with Gasteiger partial charge in [0.05, 0.1) is 15.5 Å². The fourth-order valence-electron chi connectivity index (χ4n) is 2.59. The number of carbonyl (C=O) groups is 1. The highest BCUT2D eigenvalue weighted by Crippen LogP contribution is 2.26. The number of benzene rings is 2. The van der Waals surface area contributed by atoms with Gasteiger partial charge in [-0.25, -0.2) is 0 Å². The molecule has 0 aliphatic carbocycles. The summed E-state index contributed by atoms with van der Waals surface area (Å²) >= 11 is 6.09. The van der Waals surface area contributed by atoms with Crippen molar-refractivity contribution in [1.82, 2.24) is 15.5 Å². The summed E-state index contributed by atoms with van der Waals surface area (Å²) in [4.78, 5) is 27.2. The molecule has 2 aromatic carbocycles. The van der Waals surface area contributed by atoms with Gasteiger partial charge in [0.1, 0.15) is 6.04 Å². The number of halogens is 1. The molecular formula is C19H17ClN4O4. The Kier molecular flexibility index (Phi) is 5.70. The normalized spacial score (nSPS) is 12.0. The van der Waals surface area contributed by atoms with E-state index in [1.807, 2.05) is 13.8 Å². The van der Waals surface area contributed by atoms with Crippen LogP contribution >= 0.6 is 11.6 Å². The van der Waals surface area contributed by atoms with E-state index in [0.29, 0.717) is 16.1 Å². The molecule has 28 heavy (non-hydrogen) atoms. The minimum Gasteiger partial charge on any atom is -0.340 e. The summed E-state index contributed by atoms with van der Waals surface area (Å²) in [6.07, 6.45) is 0. The lowest BCUT2D eigenvalue weighted by atomic mass is 10.0. The van der Waals surface area contributed by atoms with Gasteiger partial charge >= 0.3 is 0 Å². The van der Waals surface area contributed by atoms with Crippen LogP contribution < -0.4 is 5.32 Å². The number of rotatable bonds is 6. The molecule has 1 N–H and O–H groups in total. The molecule has 1 amide bonds. The van der Waals surface area contributed by atoms with Crippen molar-refractivity contribution in [1.29, 1.82) is 0 Å². The molecular weight excluding hydrogens is 384 g/mol. The Hall–Kier alpha value is -3.26. The van der Waals surface area contributed by atoms with E-state index in [4.69, 9.17) is 16.1 Å². The van der Waals surface area contributed by atoms with Crippen LogP contribution in [-0.4, -0.2) is 21.0 Å². The predicted molar refractivity (Wildman–Crippen MR) is 103 cm³/mol. The molecule has 144 valence electrons. The second-order valence-electron chi connectivity index (χ2n) is 6.44. The maximum atomic E-state index is 12.6. The number of hydrogen-bond donors (Lipinski definition) is 1. The summed E-state index contributed by atoms with van der Waals surface area (Å²) < 4.78 is 5.34. The number of nitrogens with zero attached hydrogens (tertiary/aromatic N) is 3. The number of nitro groups is 1. The molecule has 0 spiro atoms. The Morgan fingerprint density at radius 1 is 1.18 bits per heavy atom. The minimum absolute atomic E-state index is 0.0282. The van der Waals surface area contributed by atoms with Crippen molar-refractivity contribution in [2.45, 2.75) is 19.9 Å². The Morgan fingerprint density at radius 3 is 2.46 bits per heavy atom. The largest absolute Gasteiger partial charge is 0.340 e. The quantitative estimate of drug-likeness (QED) is 0.484. The third-order valence-corrected chi connectivity index (χ3v) is 4.45. The summed E-state index contributed by atoms with van der Waals surface area (Å²) in [7, 11) is 0. The lowest BCUT2D eigenvalue weighted by molar-refractivity contribution is -0.384. The highest BCUT2D eigenvalue weighted by Gasteiger charge is 2.26. The zero-order chi connectivity index (χ0) is 20.3. The van der Waals surface area contributed by atoms with Crippen molar-refractivity contribution in [2.75, 3.05) is 0 Å². The second-order valence-corrected chi connectivity index (χ2v) is 6.84. The molecule has 0 saturated carbocycles. The third-order valence-electron chi connectivity index (χ3n) is 4.12. The fourth-order valence-corrected chi connectivity index (χ4v) is 2.81. The Morgan fingerprint density at radius 2 is 1.86 bits per heavy atom. The van der Waals surface area contributed by atoms with Crippen LogP contribution in [-0.2, 0) is 0 Å². The summed E-state index contributed by atoms with van der Waals surface area (Å²) in [5, 5.41) is 17.9. The van der Waals surface area contributed by atoms with Gasteiger partial charge < -0.3 is 9.84 Å². The summed E-state index contributed by atoms with van der Waals surface area (Å²) in [6, 6.07) is 12.0. The average molecular weight is 401 g/mol. The number of amides is 1. The van der Waals surface area contributed by atoms with E-state index in [1.165, 1.54) is 12.1 Å². The molecule has 0 aliphatic heterocycles. The van der Waals surface area contributed by atoms with Gasteiger partial charge in [-0.2, -0.15) is 4.98 Å². The second kappa shape index (κ2) is 8.18. The van der Waals surface area contributed by atoms with Crippen molar-refractivity contribution in [3.63, 3.8) is 0 Å².